The molecule has 3 rings (SSSR count). The summed E-state index contributed by atoms with van der Waals surface area (Å²) in [7, 11) is 0. The van der Waals surface area contributed by atoms with Gasteiger partial charge >= 0.3 is 0 Å². The second kappa shape index (κ2) is 6.05. The molecule has 0 bridgehead atoms. The van der Waals surface area contributed by atoms with E-state index in [2.05, 4.69) is 43.4 Å². The molecule has 0 aliphatic heterocycles. The van der Waals surface area contributed by atoms with Gasteiger partial charge < -0.3 is 5.32 Å². The minimum absolute atomic E-state index is 0.648. The molecule has 0 saturated heterocycles. The quantitative estimate of drug-likeness (QED) is 0.793. The highest BCUT2D eigenvalue weighted by atomic mass is 35.5. The minimum atomic E-state index is 0.648. The van der Waals surface area contributed by atoms with Crippen LogP contribution in [0.5, 0.6) is 0 Å². The van der Waals surface area contributed by atoms with Crippen molar-refractivity contribution >= 4 is 33.0 Å². The highest BCUT2D eigenvalue weighted by Crippen LogP contribution is 2.35. The molecular formula is C17H22ClNS. The SMILES string of the molecule is CC1CC(C)CC(NCc2sc3ccccc3c2Cl)C1. The van der Waals surface area contributed by atoms with Crippen molar-refractivity contribution in [2.75, 3.05) is 0 Å². The van der Waals surface area contributed by atoms with Gasteiger partial charge in [0, 0.05) is 27.5 Å². The Morgan fingerprint density at radius 1 is 1.15 bits per heavy atom. The van der Waals surface area contributed by atoms with Crippen molar-refractivity contribution in [3.63, 3.8) is 0 Å². The molecule has 1 aromatic carbocycles. The van der Waals surface area contributed by atoms with Crippen LogP contribution in [0.15, 0.2) is 24.3 Å². The standard InChI is InChI=1S/C17H22ClNS/c1-11-7-12(2)9-13(8-11)19-10-16-17(18)14-5-3-4-6-15(14)20-16/h3-6,11-13,19H,7-10H2,1-2H3. The Labute approximate surface area is 130 Å². The zero-order valence-corrected chi connectivity index (χ0v) is 13.7. The molecule has 20 heavy (non-hydrogen) atoms. The number of nitrogens with one attached hydrogen (secondary N) is 1. The third-order valence-corrected chi connectivity index (χ3v) is 6.05. The summed E-state index contributed by atoms with van der Waals surface area (Å²) in [6.45, 7) is 5.65. The molecule has 1 nitrogen and oxygen atoms in total. The van der Waals surface area contributed by atoms with Gasteiger partial charge in [-0.05, 0) is 37.2 Å². The van der Waals surface area contributed by atoms with Crippen LogP contribution in [0.1, 0.15) is 38.0 Å². The van der Waals surface area contributed by atoms with E-state index in [1.54, 1.807) is 0 Å². The Morgan fingerprint density at radius 3 is 2.55 bits per heavy atom. The highest BCUT2D eigenvalue weighted by molar-refractivity contribution is 7.19. The van der Waals surface area contributed by atoms with Crippen LogP contribution in [0.4, 0.5) is 0 Å². The van der Waals surface area contributed by atoms with Gasteiger partial charge in [0.05, 0.1) is 5.02 Å². The Hall–Kier alpha value is -0.570. The van der Waals surface area contributed by atoms with Gasteiger partial charge in [-0.2, -0.15) is 0 Å². The number of fused-ring (bicyclic) bond motifs is 1. The Morgan fingerprint density at radius 2 is 1.85 bits per heavy atom. The summed E-state index contributed by atoms with van der Waals surface area (Å²) in [5, 5.41) is 5.86. The zero-order valence-electron chi connectivity index (χ0n) is 12.2. The molecule has 2 unspecified atom stereocenters. The lowest BCUT2D eigenvalue weighted by Gasteiger charge is -2.32. The topological polar surface area (TPSA) is 12.0 Å². The summed E-state index contributed by atoms with van der Waals surface area (Å²) in [6, 6.07) is 9.05. The van der Waals surface area contributed by atoms with Gasteiger partial charge in [0.25, 0.3) is 0 Å². The molecule has 2 atom stereocenters. The molecule has 1 saturated carbocycles. The van der Waals surface area contributed by atoms with E-state index in [1.165, 1.54) is 34.2 Å². The third kappa shape index (κ3) is 3.03. The van der Waals surface area contributed by atoms with Crippen LogP contribution < -0.4 is 5.32 Å². The van der Waals surface area contributed by atoms with E-state index in [0.717, 1.165) is 23.4 Å². The molecule has 0 amide bonds. The predicted molar refractivity (Wildman–Crippen MR) is 89.6 cm³/mol. The lowest BCUT2D eigenvalue weighted by atomic mass is 9.80. The van der Waals surface area contributed by atoms with Crippen molar-refractivity contribution < 1.29 is 0 Å². The Kier molecular flexibility index (Phi) is 4.34. The molecule has 2 aromatic rings. The second-order valence-corrected chi connectivity index (χ2v) is 7.85. The van der Waals surface area contributed by atoms with Crippen LogP contribution in [0.25, 0.3) is 10.1 Å². The van der Waals surface area contributed by atoms with Crippen molar-refractivity contribution in [3.8, 4) is 0 Å². The number of halogens is 1. The molecule has 1 N–H and O–H groups in total. The number of hydrogen-bond acceptors (Lipinski definition) is 2. The van der Waals surface area contributed by atoms with E-state index in [4.69, 9.17) is 11.6 Å². The fourth-order valence-electron chi connectivity index (χ4n) is 3.53. The van der Waals surface area contributed by atoms with E-state index in [-0.39, 0.29) is 0 Å². The van der Waals surface area contributed by atoms with Crippen molar-refractivity contribution in [1.82, 2.24) is 5.32 Å². The van der Waals surface area contributed by atoms with Gasteiger partial charge in [0.2, 0.25) is 0 Å². The molecule has 1 aromatic heterocycles. The maximum absolute atomic E-state index is 6.50. The van der Waals surface area contributed by atoms with Crippen LogP contribution in [0.2, 0.25) is 5.02 Å². The maximum Gasteiger partial charge on any atom is 0.0636 e. The Balaban J connectivity index is 1.69. The third-order valence-electron chi connectivity index (χ3n) is 4.33. The summed E-state index contributed by atoms with van der Waals surface area (Å²) in [4.78, 5) is 1.28. The minimum Gasteiger partial charge on any atom is -0.309 e. The van der Waals surface area contributed by atoms with Gasteiger partial charge in [-0.25, -0.2) is 0 Å². The average Bonchev–Trinajstić information content (AvgIpc) is 2.73. The van der Waals surface area contributed by atoms with Crippen molar-refractivity contribution in [2.45, 2.75) is 45.7 Å². The van der Waals surface area contributed by atoms with Gasteiger partial charge in [0.1, 0.15) is 0 Å². The molecule has 3 heteroatoms. The maximum atomic E-state index is 6.50. The summed E-state index contributed by atoms with van der Waals surface area (Å²) in [5.74, 6) is 1.68. The van der Waals surface area contributed by atoms with E-state index >= 15 is 0 Å². The smallest absolute Gasteiger partial charge is 0.0636 e. The van der Waals surface area contributed by atoms with E-state index < -0.39 is 0 Å². The van der Waals surface area contributed by atoms with Crippen molar-refractivity contribution in [2.24, 2.45) is 11.8 Å². The highest BCUT2D eigenvalue weighted by Gasteiger charge is 2.23. The van der Waals surface area contributed by atoms with Crippen LogP contribution in [0, 0.1) is 11.8 Å². The van der Waals surface area contributed by atoms with E-state index in [0.29, 0.717) is 6.04 Å². The molecule has 1 aliphatic rings. The number of hydrogen-bond donors (Lipinski definition) is 1. The molecule has 1 heterocycles. The first-order valence-electron chi connectivity index (χ1n) is 7.52. The molecule has 0 spiro atoms. The first kappa shape index (κ1) is 14.4. The average molecular weight is 308 g/mol. The van der Waals surface area contributed by atoms with Crippen LogP contribution in [-0.4, -0.2) is 6.04 Å². The summed E-state index contributed by atoms with van der Waals surface area (Å²) < 4.78 is 1.29. The van der Waals surface area contributed by atoms with Gasteiger partial charge in [-0.15, -0.1) is 11.3 Å². The van der Waals surface area contributed by atoms with Crippen molar-refractivity contribution in [1.29, 1.82) is 0 Å². The lowest BCUT2D eigenvalue weighted by Crippen LogP contribution is -2.35. The monoisotopic (exact) mass is 307 g/mol. The Bertz CT molecular complexity index is 582. The second-order valence-electron chi connectivity index (χ2n) is 6.33. The summed E-state index contributed by atoms with van der Waals surface area (Å²) in [6.07, 6.45) is 3.97. The molecule has 0 radical (unpaired) electrons. The normalized spacial score (nSPS) is 27.1. The van der Waals surface area contributed by atoms with Crippen LogP contribution in [0.3, 0.4) is 0 Å². The van der Waals surface area contributed by atoms with Gasteiger partial charge in [-0.3, -0.25) is 0 Å². The predicted octanol–water partition coefficient (Wildman–Crippen LogP) is 5.47. The fourth-order valence-corrected chi connectivity index (χ4v) is 4.98. The lowest BCUT2D eigenvalue weighted by molar-refractivity contribution is 0.238. The van der Waals surface area contributed by atoms with E-state index in [1.807, 2.05) is 11.3 Å². The van der Waals surface area contributed by atoms with Gasteiger partial charge in [-0.1, -0.05) is 43.6 Å². The summed E-state index contributed by atoms with van der Waals surface area (Å²) in [5.41, 5.74) is 0. The molecule has 1 aliphatic carbocycles. The fraction of sp³-hybridized carbons (Fsp3) is 0.529. The first-order valence-corrected chi connectivity index (χ1v) is 8.72. The molecule has 108 valence electrons. The van der Waals surface area contributed by atoms with Gasteiger partial charge in [0.15, 0.2) is 0 Å². The van der Waals surface area contributed by atoms with Crippen molar-refractivity contribution in [3.05, 3.63) is 34.2 Å². The first-order chi connectivity index (χ1) is 9.63. The largest absolute Gasteiger partial charge is 0.309 e. The molecule has 1 fully saturated rings. The van der Waals surface area contributed by atoms with Crippen LogP contribution >= 0.6 is 22.9 Å². The summed E-state index contributed by atoms with van der Waals surface area (Å²) >= 11 is 8.32. The number of rotatable bonds is 3. The number of benzene rings is 1. The van der Waals surface area contributed by atoms with E-state index in [9.17, 15) is 0 Å². The zero-order chi connectivity index (χ0) is 14.1. The van der Waals surface area contributed by atoms with Crippen LogP contribution in [-0.2, 0) is 6.54 Å². The number of thiophene rings is 1. The molecular weight excluding hydrogens is 286 g/mol.